The number of ether oxygens (including phenoxy) is 2. The zero-order valence-corrected chi connectivity index (χ0v) is 15.2. The number of aromatic amines is 1. The van der Waals surface area contributed by atoms with Crippen molar-refractivity contribution in [2.24, 2.45) is 10.2 Å². The minimum absolute atomic E-state index is 0.173. The molecule has 7 nitrogen and oxygen atoms in total. The van der Waals surface area contributed by atoms with E-state index in [9.17, 15) is 9.90 Å². The number of fused-ring (bicyclic) bond motifs is 1. The Bertz CT molecular complexity index is 1100. The van der Waals surface area contributed by atoms with Gasteiger partial charge >= 0.3 is 12.2 Å². The first-order valence-corrected chi connectivity index (χ1v) is 8.89. The molecule has 29 heavy (non-hydrogen) atoms. The molecule has 0 spiro atoms. The molecule has 1 aromatic heterocycles. The van der Waals surface area contributed by atoms with E-state index in [1.165, 1.54) is 0 Å². The van der Waals surface area contributed by atoms with Crippen molar-refractivity contribution in [3.63, 3.8) is 0 Å². The third-order valence-corrected chi connectivity index (χ3v) is 4.08. The van der Waals surface area contributed by atoms with Gasteiger partial charge in [-0.15, -0.1) is 10.2 Å². The number of nitrogens with one attached hydrogen (secondary N) is 1. The number of azo groups is 1. The lowest BCUT2D eigenvalue weighted by Gasteiger charge is -2.17. The molecule has 0 saturated heterocycles. The topological polar surface area (TPSA) is 96.3 Å². The number of benzene rings is 3. The third-order valence-electron chi connectivity index (χ3n) is 4.08. The molecule has 144 valence electrons. The fourth-order valence-electron chi connectivity index (χ4n) is 2.73. The summed E-state index contributed by atoms with van der Waals surface area (Å²) in [5, 5.41) is 18.4. The van der Waals surface area contributed by atoms with Crippen LogP contribution in [0, 0.1) is 0 Å². The predicted molar refractivity (Wildman–Crippen MR) is 107 cm³/mol. The SMILES string of the molecule is O=C(N=Nc1c(O)[nH]c2ccccc12)C(Oc1ccccc1)Oc1ccccc1. The minimum atomic E-state index is -1.34. The molecular formula is C22H17N3O4. The van der Waals surface area contributed by atoms with Gasteiger partial charge in [0, 0.05) is 5.39 Å². The van der Waals surface area contributed by atoms with Crippen LogP contribution in [0.25, 0.3) is 10.9 Å². The van der Waals surface area contributed by atoms with Gasteiger partial charge in [0.15, 0.2) is 5.69 Å². The molecule has 0 radical (unpaired) electrons. The Labute approximate surface area is 166 Å². The fourth-order valence-corrected chi connectivity index (χ4v) is 2.73. The maximum absolute atomic E-state index is 12.7. The maximum Gasteiger partial charge on any atom is 0.346 e. The maximum atomic E-state index is 12.7. The van der Waals surface area contributed by atoms with Gasteiger partial charge in [0.05, 0.1) is 5.52 Å². The Morgan fingerprint density at radius 1 is 0.828 bits per heavy atom. The number of rotatable bonds is 6. The van der Waals surface area contributed by atoms with Gasteiger partial charge in [0.25, 0.3) is 0 Å². The summed E-state index contributed by atoms with van der Waals surface area (Å²) >= 11 is 0. The Morgan fingerprint density at radius 2 is 1.38 bits per heavy atom. The molecule has 1 amide bonds. The van der Waals surface area contributed by atoms with E-state index in [0.717, 1.165) is 0 Å². The van der Waals surface area contributed by atoms with Crippen LogP contribution >= 0.6 is 0 Å². The van der Waals surface area contributed by atoms with Crippen molar-refractivity contribution in [2.45, 2.75) is 6.29 Å². The molecule has 0 aliphatic heterocycles. The molecule has 0 saturated carbocycles. The molecule has 2 N–H and O–H groups in total. The van der Waals surface area contributed by atoms with E-state index in [1.807, 2.05) is 18.2 Å². The predicted octanol–water partition coefficient (Wildman–Crippen LogP) is 4.97. The second kappa shape index (κ2) is 8.26. The lowest BCUT2D eigenvalue weighted by Crippen LogP contribution is -2.32. The molecule has 0 aliphatic rings. The molecule has 3 aromatic carbocycles. The first-order chi connectivity index (χ1) is 14.2. The van der Waals surface area contributed by atoms with Crippen molar-refractivity contribution in [3.05, 3.63) is 84.9 Å². The quantitative estimate of drug-likeness (QED) is 0.361. The fraction of sp³-hybridized carbons (Fsp3) is 0.0455. The van der Waals surface area contributed by atoms with E-state index in [2.05, 4.69) is 15.2 Å². The van der Waals surface area contributed by atoms with Crippen LogP contribution in [0.3, 0.4) is 0 Å². The smallest absolute Gasteiger partial charge is 0.346 e. The number of para-hydroxylation sites is 3. The summed E-state index contributed by atoms with van der Waals surface area (Å²) in [4.78, 5) is 15.5. The van der Waals surface area contributed by atoms with Crippen LogP contribution in [0.1, 0.15) is 0 Å². The number of nitrogens with zero attached hydrogens (tertiary/aromatic N) is 2. The summed E-state index contributed by atoms with van der Waals surface area (Å²) in [5.41, 5.74) is 0.858. The Hall–Kier alpha value is -4.13. The van der Waals surface area contributed by atoms with E-state index in [-0.39, 0.29) is 11.6 Å². The average molecular weight is 387 g/mol. The highest BCUT2D eigenvalue weighted by atomic mass is 16.7. The highest BCUT2D eigenvalue weighted by Gasteiger charge is 2.23. The molecular weight excluding hydrogens is 370 g/mol. The largest absolute Gasteiger partial charge is 0.493 e. The number of hydrogen-bond donors (Lipinski definition) is 2. The standard InChI is InChI=1S/C22H17N3O4/c26-20-19(17-13-7-8-14-18(17)23-20)24-25-21(27)22(28-15-9-3-1-4-10-15)29-16-11-5-2-6-12-16/h1-14,22-23,26H. The molecule has 1 heterocycles. The number of H-pyrrole nitrogens is 1. The van der Waals surface area contributed by atoms with Crippen LogP contribution in [0.15, 0.2) is 95.2 Å². The minimum Gasteiger partial charge on any atom is -0.493 e. The summed E-state index contributed by atoms with van der Waals surface area (Å²) in [6.45, 7) is 0. The molecule has 4 rings (SSSR count). The number of amides is 1. The van der Waals surface area contributed by atoms with Gasteiger partial charge in [-0.3, -0.25) is 4.79 Å². The summed E-state index contributed by atoms with van der Waals surface area (Å²) in [6, 6.07) is 24.8. The van der Waals surface area contributed by atoms with Gasteiger partial charge in [-0.05, 0) is 30.3 Å². The van der Waals surface area contributed by atoms with Gasteiger partial charge in [0.1, 0.15) is 11.5 Å². The lowest BCUT2D eigenvalue weighted by molar-refractivity contribution is -0.137. The van der Waals surface area contributed by atoms with E-state index in [0.29, 0.717) is 22.4 Å². The van der Waals surface area contributed by atoms with Crippen molar-refractivity contribution in [3.8, 4) is 17.4 Å². The summed E-state index contributed by atoms with van der Waals surface area (Å²) < 4.78 is 11.3. The highest BCUT2D eigenvalue weighted by molar-refractivity contribution is 5.94. The second-order valence-electron chi connectivity index (χ2n) is 6.10. The van der Waals surface area contributed by atoms with E-state index >= 15 is 0 Å². The Balaban J connectivity index is 1.60. The van der Waals surface area contributed by atoms with E-state index in [1.54, 1.807) is 66.7 Å². The van der Waals surface area contributed by atoms with Crippen LogP contribution in [-0.2, 0) is 4.79 Å². The monoisotopic (exact) mass is 387 g/mol. The normalized spacial score (nSPS) is 11.2. The van der Waals surface area contributed by atoms with Crippen molar-refractivity contribution in [1.82, 2.24) is 4.98 Å². The Kier molecular flexibility index (Phi) is 5.20. The zero-order chi connectivity index (χ0) is 20.1. The van der Waals surface area contributed by atoms with Crippen molar-refractivity contribution >= 4 is 22.5 Å². The van der Waals surface area contributed by atoms with Gasteiger partial charge in [0.2, 0.25) is 5.88 Å². The second-order valence-corrected chi connectivity index (χ2v) is 6.10. The molecule has 0 aliphatic carbocycles. The summed E-state index contributed by atoms with van der Waals surface area (Å²) in [7, 11) is 0. The molecule has 0 unspecified atom stereocenters. The van der Waals surface area contributed by atoms with Crippen LogP contribution in [0.2, 0.25) is 0 Å². The summed E-state index contributed by atoms with van der Waals surface area (Å²) in [5.74, 6) is -0.0199. The number of carbonyl (C=O) groups is 1. The Morgan fingerprint density at radius 3 is 2.00 bits per heavy atom. The van der Waals surface area contributed by atoms with Crippen molar-refractivity contribution in [2.75, 3.05) is 0 Å². The zero-order valence-electron chi connectivity index (χ0n) is 15.2. The van der Waals surface area contributed by atoms with E-state index < -0.39 is 12.2 Å². The van der Waals surface area contributed by atoms with Crippen molar-refractivity contribution in [1.29, 1.82) is 0 Å². The first-order valence-electron chi connectivity index (χ1n) is 8.89. The number of hydrogen-bond acceptors (Lipinski definition) is 5. The van der Waals surface area contributed by atoms with Crippen LogP contribution in [0.4, 0.5) is 5.69 Å². The van der Waals surface area contributed by atoms with Gasteiger partial charge in [-0.25, -0.2) is 0 Å². The van der Waals surface area contributed by atoms with Crippen LogP contribution in [-0.4, -0.2) is 22.3 Å². The summed E-state index contributed by atoms with van der Waals surface area (Å²) in [6.07, 6.45) is -1.34. The lowest BCUT2D eigenvalue weighted by atomic mass is 10.2. The number of aromatic nitrogens is 1. The average Bonchev–Trinajstić information content (AvgIpc) is 3.08. The van der Waals surface area contributed by atoms with Crippen LogP contribution in [0.5, 0.6) is 17.4 Å². The van der Waals surface area contributed by atoms with E-state index in [4.69, 9.17) is 9.47 Å². The molecule has 0 fully saturated rings. The first kappa shape index (κ1) is 18.2. The molecule has 4 aromatic rings. The van der Waals surface area contributed by atoms with Gasteiger partial charge in [-0.2, -0.15) is 0 Å². The van der Waals surface area contributed by atoms with Gasteiger partial charge < -0.3 is 19.6 Å². The van der Waals surface area contributed by atoms with Gasteiger partial charge in [-0.1, -0.05) is 54.6 Å². The number of carbonyl (C=O) groups excluding carboxylic acids is 1. The van der Waals surface area contributed by atoms with Crippen molar-refractivity contribution < 1.29 is 19.4 Å². The van der Waals surface area contributed by atoms with Crippen LogP contribution < -0.4 is 9.47 Å². The molecule has 0 bridgehead atoms. The number of aromatic hydroxyl groups is 1. The molecule has 7 heteroatoms. The molecule has 0 atom stereocenters. The highest BCUT2D eigenvalue weighted by Crippen LogP contribution is 2.35. The third kappa shape index (κ3) is 4.24.